The molecule has 1 amide bonds. The van der Waals surface area contributed by atoms with Crippen LogP contribution in [0, 0.1) is 6.92 Å². The number of amides is 1. The van der Waals surface area contributed by atoms with E-state index in [0.717, 1.165) is 37.6 Å². The van der Waals surface area contributed by atoms with Crippen molar-refractivity contribution in [2.45, 2.75) is 19.5 Å². The molecule has 2 aromatic rings. The number of cyclic esters (lactones) is 1. The Labute approximate surface area is 154 Å². The summed E-state index contributed by atoms with van der Waals surface area (Å²) in [4.78, 5) is 26.4. The zero-order valence-corrected chi connectivity index (χ0v) is 14.6. The third kappa shape index (κ3) is 3.39. The van der Waals surface area contributed by atoms with Crippen molar-refractivity contribution >= 4 is 17.7 Å². The largest absolute Gasteiger partial charge is 0.435 e. The molecule has 1 fully saturated rings. The predicted molar refractivity (Wildman–Crippen MR) is 93.9 cm³/mol. The van der Waals surface area contributed by atoms with Gasteiger partial charge in [0, 0.05) is 26.2 Å². The molecule has 0 radical (unpaired) electrons. The lowest BCUT2D eigenvalue weighted by atomic mass is 10.0. The van der Waals surface area contributed by atoms with Gasteiger partial charge in [-0.3, -0.25) is 5.32 Å². The zero-order chi connectivity index (χ0) is 19.0. The molecule has 2 aromatic heterocycles. The normalized spacial score (nSPS) is 19.5. The van der Waals surface area contributed by atoms with E-state index in [-0.39, 0.29) is 17.1 Å². The van der Waals surface area contributed by atoms with Crippen molar-refractivity contribution in [3.8, 4) is 11.4 Å². The third-order valence-corrected chi connectivity index (χ3v) is 4.49. The van der Waals surface area contributed by atoms with Crippen LogP contribution >= 0.6 is 0 Å². The molecule has 0 spiro atoms. The quantitative estimate of drug-likeness (QED) is 0.848. The monoisotopic (exact) mass is 376 g/mol. The van der Waals surface area contributed by atoms with Gasteiger partial charge < -0.3 is 15.0 Å². The molecule has 4 heterocycles. The zero-order valence-electron chi connectivity index (χ0n) is 14.6. The first-order valence-electron chi connectivity index (χ1n) is 8.58. The highest BCUT2D eigenvalue weighted by Gasteiger charge is 2.37. The van der Waals surface area contributed by atoms with Crippen LogP contribution in [0.25, 0.3) is 11.4 Å². The lowest BCUT2D eigenvalue weighted by molar-refractivity contribution is -0.0170. The second-order valence-corrected chi connectivity index (χ2v) is 6.39. The van der Waals surface area contributed by atoms with E-state index in [1.807, 2.05) is 13.0 Å². The number of piperazine rings is 1. The summed E-state index contributed by atoms with van der Waals surface area (Å²) >= 11 is 0. The SMILES string of the molecule is Cc1cc(-c2ncnc3c2[C@@H](C(F)F)OC(=O)N3)nc(N2CCNCC2)c1. The topological polar surface area (TPSA) is 92.3 Å². The molecule has 4 rings (SSSR count). The number of aromatic nitrogens is 3. The van der Waals surface area contributed by atoms with E-state index in [1.54, 1.807) is 6.07 Å². The Hall–Kier alpha value is -2.88. The molecule has 142 valence electrons. The Kier molecular flexibility index (Phi) is 4.56. The average Bonchev–Trinajstić information content (AvgIpc) is 2.66. The Morgan fingerprint density at radius 1 is 1.26 bits per heavy atom. The van der Waals surface area contributed by atoms with Gasteiger partial charge in [0.2, 0.25) is 0 Å². The van der Waals surface area contributed by atoms with Crippen LogP contribution in [-0.2, 0) is 4.74 Å². The maximum Gasteiger partial charge on any atom is 0.413 e. The predicted octanol–water partition coefficient (Wildman–Crippen LogP) is 2.12. The number of nitrogens with one attached hydrogen (secondary N) is 2. The standard InChI is InChI=1S/C17H18F2N6O2/c1-9-6-10(23-11(7-9)25-4-2-20-3-5-25)13-12-14(15(18)19)27-17(26)24-16(12)22-8-21-13/h6-8,14-15,20H,2-5H2,1H3,(H,21,22,24,26)/t14-/m0/s1. The molecule has 2 aliphatic rings. The van der Waals surface area contributed by atoms with E-state index in [2.05, 4.69) is 30.5 Å². The summed E-state index contributed by atoms with van der Waals surface area (Å²) in [6.07, 6.45) is -4.39. The molecule has 1 saturated heterocycles. The van der Waals surface area contributed by atoms with E-state index in [0.29, 0.717) is 5.69 Å². The Balaban J connectivity index is 1.81. The molecule has 10 heteroatoms. The minimum atomic E-state index is -2.91. The molecule has 2 N–H and O–H groups in total. The van der Waals surface area contributed by atoms with Gasteiger partial charge in [-0.25, -0.2) is 28.5 Å². The summed E-state index contributed by atoms with van der Waals surface area (Å²) in [6, 6.07) is 3.72. The van der Waals surface area contributed by atoms with Crippen molar-refractivity contribution < 1.29 is 18.3 Å². The number of carbonyl (C=O) groups is 1. The first-order valence-corrected chi connectivity index (χ1v) is 8.58. The number of nitrogens with zero attached hydrogens (tertiary/aromatic N) is 4. The number of halogens is 2. The fourth-order valence-corrected chi connectivity index (χ4v) is 3.27. The van der Waals surface area contributed by atoms with Gasteiger partial charge in [0.05, 0.1) is 11.3 Å². The molecule has 1 atom stereocenters. The molecule has 0 bridgehead atoms. The number of hydrogen-bond acceptors (Lipinski definition) is 7. The molecule has 0 saturated carbocycles. The van der Waals surface area contributed by atoms with Gasteiger partial charge >= 0.3 is 6.09 Å². The molecule has 8 nitrogen and oxygen atoms in total. The molecule has 2 aliphatic heterocycles. The summed E-state index contributed by atoms with van der Waals surface area (Å²) in [6.45, 7) is 5.21. The highest BCUT2D eigenvalue weighted by atomic mass is 19.3. The molecule has 0 aromatic carbocycles. The number of pyridine rings is 1. The highest BCUT2D eigenvalue weighted by molar-refractivity contribution is 5.88. The summed E-state index contributed by atoms with van der Waals surface area (Å²) in [5.41, 5.74) is 1.63. The summed E-state index contributed by atoms with van der Waals surface area (Å²) in [5.74, 6) is 0.779. The maximum absolute atomic E-state index is 13.5. The Morgan fingerprint density at radius 2 is 2.04 bits per heavy atom. The van der Waals surface area contributed by atoms with Gasteiger partial charge in [-0.2, -0.15) is 0 Å². The minimum Gasteiger partial charge on any atom is -0.435 e. The van der Waals surface area contributed by atoms with Crippen LogP contribution < -0.4 is 15.5 Å². The van der Waals surface area contributed by atoms with E-state index in [1.165, 1.54) is 6.33 Å². The number of rotatable bonds is 3. The van der Waals surface area contributed by atoms with Gasteiger partial charge in [0.1, 0.15) is 23.7 Å². The van der Waals surface area contributed by atoms with Crippen LogP contribution in [0.3, 0.4) is 0 Å². The summed E-state index contributed by atoms with van der Waals surface area (Å²) in [7, 11) is 0. The van der Waals surface area contributed by atoms with Gasteiger partial charge in [-0.05, 0) is 24.6 Å². The lowest BCUT2D eigenvalue weighted by Gasteiger charge is -2.29. The number of hydrogen-bond donors (Lipinski definition) is 2. The molecule has 0 aliphatic carbocycles. The van der Waals surface area contributed by atoms with Gasteiger partial charge in [-0.15, -0.1) is 0 Å². The van der Waals surface area contributed by atoms with Crippen molar-refractivity contribution in [1.29, 1.82) is 0 Å². The van der Waals surface area contributed by atoms with Gasteiger partial charge in [-0.1, -0.05) is 0 Å². The first kappa shape index (κ1) is 17.5. The maximum atomic E-state index is 13.5. The lowest BCUT2D eigenvalue weighted by Crippen LogP contribution is -2.43. The number of aryl methyl sites for hydroxylation is 1. The van der Waals surface area contributed by atoms with Crippen LogP contribution in [0.4, 0.5) is 25.2 Å². The van der Waals surface area contributed by atoms with Crippen molar-refractivity contribution in [2.75, 3.05) is 36.4 Å². The minimum absolute atomic E-state index is 0.0218. The smallest absolute Gasteiger partial charge is 0.413 e. The molecular formula is C17H18F2N6O2. The van der Waals surface area contributed by atoms with E-state index < -0.39 is 18.6 Å². The second-order valence-electron chi connectivity index (χ2n) is 6.39. The van der Waals surface area contributed by atoms with Crippen LogP contribution in [-0.4, -0.2) is 53.6 Å². The van der Waals surface area contributed by atoms with Gasteiger partial charge in [0.15, 0.2) is 6.10 Å². The first-order chi connectivity index (χ1) is 13.0. The van der Waals surface area contributed by atoms with Crippen molar-refractivity contribution in [2.24, 2.45) is 0 Å². The van der Waals surface area contributed by atoms with Crippen LogP contribution in [0.15, 0.2) is 18.5 Å². The van der Waals surface area contributed by atoms with Crippen molar-refractivity contribution in [3.63, 3.8) is 0 Å². The third-order valence-electron chi connectivity index (χ3n) is 4.49. The molecule has 27 heavy (non-hydrogen) atoms. The van der Waals surface area contributed by atoms with Crippen molar-refractivity contribution in [3.05, 3.63) is 29.6 Å². The second kappa shape index (κ2) is 7.03. The molecular weight excluding hydrogens is 358 g/mol. The Bertz CT molecular complexity index is 872. The van der Waals surface area contributed by atoms with E-state index >= 15 is 0 Å². The number of anilines is 2. The number of fused-ring (bicyclic) bond motifs is 1. The fraction of sp³-hybridized carbons (Fsp3) is 0.412. The summed E-state index contributed by atoms with van der Waals surface area (Å²) in [5, 5.41) is 5.63. The van der Waals surface area contributed by atoms with Crippen molar-refractivity contribution in [1.82, 2.24) is 20.3 Å². The highest BCUT2D eigenvalue weighted by Crippen LogP contribution is 2.39. The van der Waals surface area contributed by atoms with E-state index in [9.17, 15) is 13.6 Å². The van der Waals surface area contributed by atoms with Crippen LogP contribution in [0.1, 0.15) is 17.2 Å². The number of ether oxygens (including phenoxy) is 1. The number of carbonyl (C=O) groups excluding carboxylic acids is 1. The number of alkyl halides is 2. The summed E-state index contributed by atoms with van der Waals surface area (Å²) < 4.78 is 31.8. The van der Waals surface area contributed by atoms with Gasteiger partial charge in [0.25, 0.3) is 6.43 Å². The van der Waals surface area contributed by atoms with Crippen LogP contribution in [0.5, 0.6) is 0 Å². The average molecular weight is 376 g/mol. The van der Waals surface area contributed by atoms with Crippen LogP contribution in [0.2, 0.25) is 0 Å². The van der Waals surface area contributed by atoms with E-state index in [4.69, 9.17) is 4.74 Å². The fourth-order valence-electron chi connectivity index (χ4n) is 3.27. The Morgan fingerprint density at radius 3 is 2.78 bits per heavy atom. The molecule has 0 unspecified atom stereocenters.